The van der Waals surface area contributed by atoms with E-state index >= 15 is 0 Å². The van der Waals surface area contributed by atoms with Crippen LogP contribution in [-0.2, 0) is 19.2 Å². The second-order valence-electron chi connectivity index (χ2n) is 2.61. The molecule has 1 fully saturated rings. The molecule has 0 spiro atoms. The zero-order valence-corrected chi connectivity index (χ0v) is 8.54. The molecular formula is C7H8BrNO4. The monoisotopic (exact) mass is 249 g/mol. The molecule has 0 aromatic rings. The smallest absolute Gasteiger partial charge is 0.329 e. The Hall–Kier alpha value is -0.910. The quantitative estimate of drug-likeness (QED) is 0.525. The molecule has 5 nitrogen and oxygen atoms in total. The van der Waals surface area contributed by atoms with Crippen LogP contribution >= 0.6 is 15.9 Å². The van der Waals surface area contributed by atoms with Gasteiger partial charge in [0.05, 0.1) is 0 Å². The molecule has 2 amide bonds. The van der Waals surface area contributed by atoms with Gasteiger partial charge in [-0.05, 0) is 6.92 Å². The van der Waals surface area contributed by atoms with Crippen LogP contribution in [0.1, 0.15) is 19.8 Å². The lowest BCUT2D eigenvalue weighted by Crippen LogP contribution is -2.34. The van der Waals surface area contributed by atoms with Crippen molar-refractivity contribution in [2.24, 2.45) is 0 Å². The lowest BCUT2D eigenvalue weighted by molar-refractivity contribution is -0.196. The van der Waals surface area contributed by atoms with Crippen molar-refractivity contribution in [3.63, 3.8) is 0 Å². The number of alkyl halides is 1. The number of nitrogens with zero attached hydrogens (tertiary/aromatic N) is 1. The average molecular weight is 250 g/mol. The lowest BCUT2D eigenvalue weighted by atomic mass is 10.4. The highest BCUT2D eigenvalue weighted by Gasteiger charge is 2.33. The Morgan fingerprint density at radius 3 is 2.31 bits per heavy atom. The Balaban J connectivity index is 2.58. The molecule has 0 radical (unpaired) electrons. The van der Waals surface area contributed by atoms with Crippen LogP contribution in [-0.4, -0.2) is 27.7 Å². The van der Waals surface area contributed by atoms with Gasteiger partial charge in [0.1, 0.15) is 4.83 Å². The van der Waals surface area contributed by atoms with Gasteiger partial charge < -0.3 is 4.84 Å². The van der Waals surface area contributed by atoms with Crippen LogP contribution < -0.4 is 0 Å². The number of hydrogen-bond acceptors (Lipinski definition) is 4. The van der Waals surface area contributed by atoms with Gasteiger partial charge in [-0.3, -0.25) is 9.59 Å². The topological polar surface area (TPSA) is 63.7 Å². The summed E-state index contributed by atoms with van der Waals surface area (Å²) in [7, 11) is 0. The van der Waals surface area contributed by atoms with Crippen LogP contribution in [0, 0.1) is 0 Å². The minimum Gasteiger partial charge on any atom is -0.329 e. The summed E-state index contributed by atoms with van der Waals surface area (Å²) in [5.41, 5.74) is 0. The SMILES string of the molecule is CC(Br)C(=O)ON1C(=O)CCC1=O. The molecular weight excluding hydrogens is 242 g/mol. The van der Waals surface area contributed by atoms with E-state index in [4.69, 9.17) is 0 Å². The van der Waals surface area contributed by atoms with E-state index in [1.807, 2.05) is 0 Å². The molecule has 1 aliphatic rings. The Labute approximate surface area is 83.1 Å². The van der Waals surface area contributed by atoms with Crippen molar-refractivity contribution >= 4 is 33.7 Å². The second kappa shape index (κ2) is 3.87. The first-order valence-electron chi connectivity index (χ1n) is 3.74. The maximum absolute atomic E-state index is 11.0. The summed E-state index contributed by atoms with van der Waals surface area (Å²) in [6.45, 7) is 1.55. The third-order valence-electron chi connectivity index (χ3n) is 1.51. The molecule has 0 aromatic heterocycles. The molecule has 0 bridgehead atoms. The van der Waals surface area contributed by atoms with Gasteiger partial charge in [-0.1, -0.05) is 15.9 Å². The zero-order valence-electron chi connectivity index (χ0n) is 6.95. The van der Waals surface area contributed by atoms with Crippen LogP contribution in [0.4, 0.5) is 0 Å². The van der Waals surface area contributed by atoms with Gasteiger partial charge in [-0.25, -0.2) is 4.79 Å². The number of hydroxylamine groups is 2. The van der Waals surface area contributed by atoms with Crippen molar-refractivity contribution < 1.29 is 19.2 Å². The van der Waals surface area contributed by atoms with E-state index in [9.17, 15) is 14.4 Å². The maximum atomic E-state index is 11.0. The number of amides is 2. The molecule has 0 saturated carbocycles. The normalized spacial score (nSPS) is 19.1. The van der Waals surface area contributed by atoms with Crippen molar-refractivity contribution in [3.05, 3.63) is 0 Å². The number of carbonyl (C=O) groups is 3. The molecule has 1 atom stereocenters. The van der Waals surface area contributed by atoms with Crippen LogP contribution in [0.3, 0.4) is 0 Å². The predicted octanol–water partition coefficient (Wildman–Crippen LogP) is 0.377. The molecule has 1 aliphatic heterocycles. The molecule has 1 unspecified atom stereocenters. The summed E-state index contributed by atoms with van der Waals surface area (Å²) >= 11 is 2.96. The van der Waals surface area contributed by atoms with E-state index in [2.05, 4.69) is 20.8 Å². The zero-order chi connectivity index (χ0) is 10.0. The van der Waals surface area contributed by atoms with E-state index in [0.29, 0.717) is 5.06 Å². The Bertz CT molecular complexity index is 247. The molecule has 0 aromatic carbocycles. The first kappa shape index (κ1) is 10.2. The fourth-order valence-corrected chi connectivity index (χ4v) is 0.904. The minimum atomic E-state index is -0.649. The summed E-state index contributed by atoms with van der Waals surface area (Å²) in [6, 6.07) is 0. The van der Waals surface area contributed by atoms with Crippen LogP contribution in [0.2, 0.25) is 0 Å². The van der Waals surface area contributed by atoms with Gasteiger partial charge in [0.15, 0.2) is 0 Å². The van der Waals surface area contributed by atoms with Crippen molar-refractivity contribution in [2.45, 2.75) is 24.6 Å². The van der Waals surface area contributed by atoms with Gasteiger partial charge in [0.2, 0.25) is 0 Å². The number of carbonyl (C=O) groups excluding carboxylic acids is 3. The van der Waals surface area contributed by atoms with Gasteiger partial charge >= 0.3 is 5.97 Å². The molecule has 1 rings (SSSR count). The van der Waals surface area contributed by atoms with Crippen LogP contribution in [0.25, 0.3) is 0 Å². The summed E-state index contributed by atoms with van der Waals surface area (Å²) in [4.78, 5) is 36.9. The van der Waals surface area contributed by atoms with Crippen LogP contribution in [0.5, 0.6) is 0 Å². The first-order valence-corrected chi connectivity index (χ1v) is 4.65. The molecule has 1 heterocycles. The highest BCUT2D eigenvalue weighted by Crippen LogP contribution is 2.13. The maximum Gasteiger partial charge on any atom is 0.346 e. The Morgan fingerprint density at radius 2 is 1.92 bits per heavy atom. The van der Waals surface area contributed by atoms with E-state index in [0.717, 1.165) is 0 Å². The molecule has 6 heteroatoms. The standard InChI is InChI=1S/C7H8BrNO4/c1-4(8)7(12)13-9-5(10)2-3-6(9)11/h4H,2-3H2,1H3. The summed E-state index contributed by atoms with van der Waals surface area (Å²) < 4.78 is 0. The Morgan fingerprint density at radius 1 is 1.46 bits per heavy atom. The third-order valence-corrected chi connectivity index (χ3v) is 1.89. The fourth-order valence-electron chi connectivity index (χ4n) is 0.820. The van der Waals surface area contributed by atoms with Crippen molar-refractivity contribution in [2.75, 3.05) is 0 Å². The summed E-state index contributed by atoms with van der Waals surface area (Å²) in [6.07, 6.45) is 0.228. The van der Waals surface area contributed by atoms with Crippen molar-refractivity contribution in [1.82, 2.24) is 5.06 Å². The third kappa shape index (κ3) is 2.27. The largest absolute Gasteiger partial charge is 0.346 e. The molecule has 1 saturated heterocycles. The van der Waals surface area contributed by atoms with Crippen molar-refractivity contribution in [3.8, 4) is 0 Å². The number of imide groups is 1. The first-order chi connectivity index (χ1) is 6.02. The van der Waals surface area contributed by atoms with Gasteiger partial charge in [-0.2, -0.15) is 0 Å². The van der Waals surface area contributed by atoms with E-state index < -0.39 is 22.6 Å². The highest BCUT2D eigenvalue weighted by atomic mass is 79.9. The van der Waals surface area contributed by atoms with Gasteiger partial charge in [0, 0.05) is 12.8 Å². The number of hydrogen-bond donors (Lipinski definition) is 0. The summed E-state index contributed by atoms with van der Waals surface area (Å²) in [5, 5.41) is 0.528. The van der Waals surface area contributed by atoms with Gasteiger partial charge in [-0.15, -0.1) is 5.06 Å². The predicted molar refractivity (Wildman–Crippen MR) is 45.6 cm³/mol. The van der Waals surface area contributed by atoms with Crippen LogP contribution in [0.15, 0.2) is 0 Å². The van der Waals surface area contributed by atoms with E-state index in [-0.39, 0.29) is 12.8 Å². The van der Waals surface area contributed by atoms with E-state index in [1.54, 1.807) is 6.92 Å². The highest BCUT2D eigenvalue weighted by molar-refractivity contribution is 9.10. The minimum absolute atomic E-state index is 0.114. The number of halogens is 1. The van der Waals surface area contributed by atoms with Crippen molar-refractivity contribution in [1.29, 1.82) is 0 Å². The van der Waals surface area contributed by atoms with E-state index in [1.165, 1.54) is 0 Å². The average Bonchev–Trinajstić information content (AvgIpc) is 2.35. The lowest BCUT2D eigenvalue weighted by Gasteiger charge is -2.13. The molecule has 72 valence electrons. The number of rotatable bonds is 2. The van der Waals surface area contributed by atoms with Gasteiger partial charge in [0.25, 0.3) is 11.8 Å². The molecule has 13 heavy (non-hydrogen) atoms. The molecule has 0 N–H and O–H groups in total. The summed E-state index contributed by atoms with van der Waals surface area (Å²) in [5.74, 6) is -1.58. The molecule has 0 aliphatic carbocycles. The Kier molecular flexibility index (Phi) is 3.02. The fraction of sp³-hybridized carbons (Fsp3) is 0.571. The second-order valence-corrected chi connectivity index (χ2v) is 3.98.